The largest absolute Gasteiger partial charge is 0.388 e. The van der Waals surface area contributed by atoms with Crippen molar-refractivity contribution in [1.29, 1.82) is 0 Å². The molecular weight excluding hydrogens is 416 g/mol. The van der Waals surface area contributed by atoms with E-state index in [1.807, 2.05) is 0 Å². The lowest BCUT2D eigenvalue weighted by molar-refractivity contribution is -0.337. The summed E-state index contributed by atoms with van der Waals surface area (Å²) in [4.78, 5) is 0. The molecule has 0 bridgehead atoms. The molecule has 14 heteroatoms. The lowest BCUT2D eigenvalue weighted by Gasteiger charge is -2.42. The molecule has 14 nitrogen and oxygen atoms in total. The molecule has 176 valence electrons. The summed E-state index contributed by atoms with van der Waals surface area (Å²) in [6.45, 7) is -1.08. The molecule has 0 aromatic heterocycles. The third-order valence-electron chi connectivity index (χ3n) is 5.31. The zero-order valence-electron chi connectivity index (χ0n) is 15.7. The van der Waals surface area contributed by atoms with E-state index in [1.165, 1.54) is 0 Å². The molecule has 13 atom stereocenters. The number of aliphatic hydroxyl groups is 9. The van der Waals surface area contributed by atoms with Crippen molar-refractivity contribution >= 4 is 0 Å². The molecule has 3 heterocycles. The molecule has 0 aliphatic carbocycles. The predicted molar refractivity (Wildman–Crippen MR) is 89.2 cm³/mol. The van der Waals surface area contributed by atoms with Crippen molar-refractivity contribution < 1.29 is 69.6 Å². The zero-order valence-corrected chi connectivity index (χ0v) is 15.7. The minimum Gasteiger partial charge on any atom is -0.388 e. The lowest BCUT2D eigenvalue weighted by Crippen LogP contribution is -2.61. The molecule has 0 radical (unpaired) electrons. The number of hydrogen-bond acceptors (Lipinski definition) is 14. The van der Waals surface area contributed by atoms with E-state index < -0.39 is 86.5 Å². The average Bonchev–Trinajstić information content (AvgIpc) is 2.72. The van der Waals surface area contributed by atoms with Gasteiger partial charge in [-0.1, -0.05) is 0 Å². The molecule has 3 aliphatic heterocycles. The van der Waals surface area contributed by atoms with E-state index in [-0.39, 0.29) is 13.2 Å². The molecule has 30 heavy (non-hydrogen) atoms. The van der Waals surface area contributed by atoms with E-state index in [4.69, 9.17) is 23.7 Å². The maximum Gasteiger partial charge on any atom is 0.186 e. The molecule has 0 saturated carbocycles. The van der Waals surface area contributed by atoms with Gasteiger partial charge in [0.25, 0.3) is 0 Å². The van der Waals surface area contributed by atoms with Crippen LogP contribution in [0.25, 0.3) is 0 Å². The van der Waals surface area contributed by atoms with Crippen LogP contribution in [0.2, 0.25) is 0 Å². The highest BCUT2D eigenvalue weighted by atomic mass is 16.7. The molecular formula is C16H28O14. The molecule has 0 aromatic carbocycles. The second kappa shape index (κ2) is 9.93. The zero-order chi connectivity index (χ0) is 22.2. The summed E-state index contributed by atoms with van der Waals surface area (Å²) in [7, 11) is 0. The third kappa shape index (κ3) is 4.92. The molecule has 1 unspecified atom stereocenters. The van der Waals surface area contributed by atoms with E-state index >= 15 is 0 Å². The Morgan fingerprint density at radius 2 is 1.27 bits per heavy atom. The van der Waals surface area contributed by atoms with Crippen LogP contribution in [0.3, 0.4) is 0 Å². The smallest absolute Gasteiger partial charge is 0.186 e. The SMILES string of the molecule is OC1O[C@H](CO[C@H]2OC[C@@H](O[C@@H]3OC[C@@H](O)[C@H](O)[C@H]3O)[C@@H](O)[C@@H]2O)[C@@H](O)[C@H](O)[C@H]1O. The van der Waals surface area contributed by atoms with Gasteiger partial charge >= 0.3 is 0 Å². The van der Waals surface area contributed by atoms with E-state index in [0.29, 0.717) is 0 Å². The van der Waals surface area contributed by atoms with Crippen molar-refractivity contribution in [2.75, 3.05) is 19.8 Å². The van der Waals surface area contributed by atoms with E-state index in [0.717, 1.165) is 0 Å². The summed E-state index contributed by atoms with van der Waals surface area (Å²) < 4.78 is 25.9. The predicted octanol–water partition coefficient (Wildman–Crippen LogP) is -6.29. The Labute approximate surface area is 170 Å². The van der Waals surface area contributed by atoms with E-state index in [2.05, 4.69) is 0 Å². The van der Waals surface area contributed by atoms with Gasteiger partial charge in [0, 0.05) is 0 Å². The van der Waals surface area contributed by atoms with Gasteiger partial charge in [0.15, 0.2) is 18.9 Å². The van der Waals surface area contributed by atoms with Gasteiger partial charge in [-0.05, 0) is 0 Å². The van der Waals surface area contributed by atoms with Gasteiger partial charge in [-0.2, -0.15) is 0 Å². The van der Waals surface area contributed by atoms with E-state index in [1.54, 1.807) is 0 Å². The number of aliphatic hydroxyl groups excluding tert-OH is 9. The molecule has 3 fully saturated rings. The summed E-state index contributed by atoms with van der Waals surface area (Å²) in [5.41, 5.74) is 0. The van der Waals surface area contributed by atoms with Gasteiger partial charge in [-0.25, -0.2) is 0 Å². The standard InChI is InChI=1S/C16H28O14/c17-4-1-26-16(12(23)7(4)18)30-6-3-28-15(13(24)9(6)20)27-2-5-8(19)10(21)11(22)14(25)29-5/h4-25H,1-3H2/t4-,5-,6-,7+,8-,9-,10+,11-,12-,13+,14?,15+,16+/m1/s1. The van der Waals surface area contributed by atoms with Crippen LogP contribution in [0.5, 0.6) is 0 Å². The summed E-state index contributed by atoms with van der Waals surface area (Å²) >= 11 is 0. The fourth-order valence-corrected chi connectivity index (χ4v) is 3.36. The fourth-order valence-electron chi connectivity index (χ4n) is 3.36. The van der Waals surface area contributed by atoms with Gasteiger partial charge in [0.2, 0.25) is 0 Å². The summed E-state index contributed by atoms with van der Waals surface area (Å²) in [6.07, 6.45) is -19.5. The van der Waals surface area contributed by atoms with Crippen LogP contribution in [-0.4, -0.2) is 146 Å². The number of ether oxygens (including phenoxy) is 5. The van der Waals surface area contributed by atoms with Gasteiger partial charge < -0.3 is 69.6 Å². The number of rotatable bonds is 5. The van der Waals surface area contributed by atoms with Crippen molar-refractivity contribution in [2.24, 2.45) is 0 Å². The van der Waals surface area contributed by atoms with E-state index in [9.17, 15) is 46.0 Å². The Balaban J connectivity index is 1.50. The first-order chi connectivity index (χ1) is 14.1. The second-order valence-corrected chi connectivity index (χ2v) is 7.48. The van der Waals surface area contributed by atoms with Crippen LogP contribution >= 0.6 is 0 Å². The molecule has 0 amide bonds. The molecule has 3 aliphatic rings. The Kier molecular flexibility index (Phi) is 7.97. The van der Waals surface area contributed by atoms with Crippen LogP contribution in [0.1, 0.15) is 0 Å². The Morgan fingerprint density at radius 3 is 1.97 bits per heavy atom. The fraction of sp³-hybridized carbons (Fsp3) is 1.00. The maximum atomic E-state index is 10.3. The van der Waals surface area contributed by atoms with Gasteiger partial charge in [-0.15, -0.1) is 0 Å². The highest BCUT2D eigenvalue weighted by Gasteiger charge is 2.47. The van der Waals surface area contributed by atoms with Crippen molar-refractivity contribution in [3.8, 4) is 0 Å². The minimum atomic E-state index is -1.76. The Bertz CT molecular complexity index is 552. The topological polar surface area (TPSA) is 228 Å². The normalized spacial score (nSPS) is 52.9. The first-order valence-corrected chi connectivity index (χ1v) is 9.40. The van der Waals surface area contributed by atoms with Crippen molar-refractivity contribution in [3.05, 3.63) is 0 Å². The highest BCUT2D eigenvalue weighted by molar-refractivity contribution is 4.90. The van der Waals surface area contributed by atoms with Gasteiger partial charge in [-0.3, -0.25) is 0 Å². The van der Waals surface area contributed by atoms with Crippen molar-refractivity contribution in [1.82, 2.24) is 0 Å². The first-order valence-electron chi connectivity index (χ1n) is 9.40. The van der Waals surface area contributed by atoms with Gasteiger partial charge in [0.1, 0.15) is 61.0 Å². The minimum absolute atomic E-state index is 0.309. The first kappa shape index (κ1) is 24.1. The van der Waals surface area contributed by atoms with Crippen LogP contribution in [-0.2, 0) is 23.7 Å². The number of hydrogen-bond donors (Lipinski definition) is 9. The molecule has 0 spiro atoms. The lowest BCUT2D eigenvalue weighted by atomic mass is 9.99. The van der Waals surface area contributed by atoms with Crippen LogP contribution in [0, 0.1) is 0 Å². The molecule has 0 aromatic rings. The second-order valence-electron chi connectivity index (χ2n) is 7.48. The van der Waals surface area contributed by atoms with Crippen molar-refractivity contribution in [3.63, 3.8) is 0 Å². The molecule has 3 saturated heterocycles. The Hall–Kier alpha value is -0.560. The molecule has 3 rings (SSSR count). The monoisotopic (exact) mass is 444 g/mol. The highest BCUT2D eigenvalue weighted by Crippen LogP contribution is 2.25. The van der Waals surface area contributed by atoms with Crippen molar-refractivity contribution in [2.45, 2.75) is 79.9 Å². The Morgan fingerprint density at radius 1 is 0.633 bits per heavy atom. The summed E-state index contributed by atoms with van der Waals surface area (Å²) in [5.74, 6) is 0. The maximum absolute atomic E-state index is 10.3. The average molecular weight is 444 g/mol. The quantitative estimate of drug-likeness (QED) is 0.192. The van der Waals surface area contributed by atoms with Crippen LogP contribution in [0.15, 0.2) is 0 Å². The summed E-state index contributed by atoms with van der Waals surface area (Å²) in [6, 6.07) is 0. The molecule has 9 N–H and O–H groups in total. The third-order valence-corrected chi connectivity index (χ3v) is 5.31. The summed E-state index contributed by atoms with van der Waals surface area (Å²) in [5, 5.41) is 88.0. The van der Waals surface area contributed by atoms with Gasteiger partial charge in [0.05, 0.1) is 19.8 Å². The van der Waals surface area contributed by atoms with Crippen LogP contribution < -0.4 is 0 Å². The van der Waals surface area contributed by atoms with Crippen LogP contribution in [0.4, 0.5) is 0 Å².